The van der Waals surface area contributed by atoms with Crippen LogP contribution in [0.2, 0.25) is 0 Å². The van der Waals surface area contributed by atoms with Crippen molar-refractivity contribution < 1.29 is 17.7 Å². The van der Waals surface area contributed by atoms with E-state index >= 15 is 0 Å². The Kier molecular flexibility index (Phi) is 6.45. The fraction of sp³-hybridized carbons (Fsp3) is 0.522. The molecular formula is C23H29N5O4S2. The van der Waals surface area contributed by atoms with Crippen LogP contribution in [0, 0.1) is 0 Å². The molecule has 0 atom stereocenters. The molecule has 2 aliphatic rings. The highest BCUT2D eigenvalue weighted by atomic mass is 32.2. The molecule has 0 saturated carbocycles. The van der Waals surface area contributed by atoms with E-state index in [0.29, 0.717) is 19.1 Å². The first-order valence-corrected chi connectivity index (χ1v) is 14.1. The minimum atomic E-state index is -3.92. The number of benzene rings is 1. The summed E-state index contributed by atoms with van der Waals surface area (Å²) in [5.41, 5.74) is 3.23. The summed E-state index contributed by atoms with van der Waals surface area (Å²) >= 11 is 1.66. The van der Waals surface area contributed by atoms with Gasteiger partial charge >= 0.3 is 0 Å². The number of ether oxygens (including phenoxy) is 1. The van der Waals surface area contributed by atoms with E-state index in [-0.39, 0.29) is 11.8 Å². The van der Waals surface area contributed by atoms with Crippen LogP contribution in [0.15, 0.2) is 24.5 Å². The summed E-state index contributed by atoms with van der Waals surface area (Å²) in [6.07, 6.45) is 4.28. The average molecular weight is 504 g/mol. The quantitative estimate of drug-likeness (QED) is 0.508. The molecule has 3 aromatic rings. The molecule has 0 bridgehead atoms. The lowest BCUT2D eigenvalue weighted by molar-refractivity contribution is 0.222. The number of thiazole rings is 1. The van der Waals surface area contributed by atoms with Crippen molar-refractivity contribution in [3.8, 4) is 27.8 Å². The topological polar surface area (TPSA) is 110 Å². The van der Waals surface area contributed by atoms with Crippen molar-refractivity contribution in [1.82, 2.24) is 24.6 Å². The van der Waals surface area contributed by atoms with Crippen molar-refractivity contribution in [2.75, 3.05) is 32.0 Å². The van der Waals surface area contributed by atoms with Gasteiger partial charge in [-0.3, -0.25) is 4.55 Å². The van der Waals surface area contributed by atoms with Gasteiger partial charge in [0.05, 0.1) is 18.1 Å². The van der Waals surface area contributed by atoms with Gasteiger partial charge in [0.25, 0.3) is 10.1 Å². The van der Waals surface area contributed by atoms with Crippen LogP contribution in [0.3, 0.4) is 0 Å². The monoisotopic (exact) mass is 503 g/mol. The summed E-state index contributed by atoms with van der Waals surface area (Å²) < 4.78 is 39.1. The van der Waals surface area contributed by atoms with Crippen LogP contribution in [-0.2, 0) is 16.5 Å². The van der Waals surface area contributed by atoms with Crippen LogP contribution in [0.5, 0.6) is 5.75 Å². The van der Waals surface area contributed by atoms with Gasteiger partial charge in [0.1, 0.15) is 12.1 Å². The summed E-state index contributed by atoms with van der Waals surface area (Å²) in [5.74, 6) is 1.85. The van der Waals surface area contributed by atoms with Crippen LogP contribution < -0.4 is 4.74 Å². The molecule has 2 aliphatic heterocycles. The van der Waals surface area contributed by atoms with E-state index < -0.39 is 10.1 Å². The summed E-state index contributed by atoms with van der Waals surface area (Å²) in [6.45, 7) is 6.78. The fourth-order valence-electron chi connectivity index (χ4n) is 4.70. The third kappa shape index (κ3) is 4.88. The van der Waals surface area contributed by atoms with Crippen molar-refractivity contribution in [3.63, 3.8) is 0 Å². The summed E-state index contributed by atoms with van der Waals surface area (Å²) in [7, 11) is -3.92. The molecule has 1 fully saturated rings. The first-order chi connectivity index (χ1) is 16.3. The van der Waals surface area contributed by atoms with E-state index in [1.54, 1.807) is 17.7 Å². The molecule has 182 valence electrons. The lowest BCUT2D eigenvalue weighted by Crippen LogP contribution is -2.36. The summed E-state index contributed by atoms with van der Waals surface area (Å²) in [4.78, 5) is 12.7. The van der Waals surface area contributed by atoms with Crippen LogP contribution in [-0.4, -0.2) is 69.6 Å². The Morgan fingerprint density at radius 3 is 2.79 bits per heavy atom. The molecule has 0 aliphatic carbocycles. The number of fused-ring (bicyclic) bond motifs is 3. The van der Waals surface area contributed by atoms with E-state index in [1.807, 2.05) is 4.68 Å². The second-order valence-corrected chi connectivity index (χ2v) is 11.8. The molecule has 9 nitrogen and oxygen atoms in total. The zero-order valence-electron chi connectivity index (χ0n) is 19.3. The Morgan fingerprint density at radius 1 is 1.26 bits per heavy atom. The highest BCUT2D eigenvalue weighted by Gasteiger charge is 2.26. The number of aromatic nitrogens is 4. The zero-order valence-corrected chi connectivity index (χ0v) is 21.0. The molecule has 0 spiro atoms. The summed E-state index contributed by atoms with van der Waals surface area (Å²) in [6, 6.07) is 6.65. The van der Waals surface area contributed by atoms with E-state index in [1.165, 1.54) is 10.4 Å². The van der Waals surface area contributed by atoms with Crippen molar-refractivity contribution in [2.45, 2.75) is 45.1 Å². The molecule has 1 N–H and O–H groups in total. The molecule has 1 aromatic carbocycles. The normalized spacial score (nSPS) is 17.3. The second kappa shape index (κ2) is 9.37. The third-order valence-corrected chi connectivity index (χ3v) is 8.33. The molecule has 1 saturated heterocycles. The highest BCUT2D eigenvalue weighted by Crippen LogP contribution is 2.42. The van der Waals surface area contributed by atoms with Gasteiger partial charge in [0.2, 0.25) is 0 Å². The molecule has 11 heteroatoms. The number of piperidine rings is 1. The maximum Gasteiger partial charge on any atom is 0.266 e. The summed E-state index contributed by atoms with van der Waals surface area (Å²) in [5, 5.41) is 5.24. The van der Waals surface area contributed by atoms with Gasteiger partial charge in [-0.2, -0.15) is 13.5 Å². The molecule has 5 rings (SSSR count). The second-order valence-electron chi connectivity index (χ2n) is 9.17. The average Bonchev–Trinajstić information content (AvgIpc) is 3.42. The SMILES string of the molecule is CC(C)n1ncnc1-c1nc2c(s1)CCOc1cc(C3CCN(CCS(=O)(=O)O)CC3)ccc1-2. The smallest absolute Gasteiger partial charge is 0.266 e. The van der Waals surface area contributed by atoms with Crippen molar-refractivity contribution >= 4 is 21.5 Å². The van der Waals surface area contributed by atoms with Crippen LogP contribution in [0.4, 0.5) is 0 Å². The largest absolute Gasteiger partial charge is 0.492 e. The predicted octanol–water partition coefficient (Wildman–Crippen LogP) is 3.65. The van der Waals surface area contributed by atoms with Gasteiger partial charge in [0.15, 0.2) is 10.8 Å². The first kappa shape index (κ1) is 23.4. The van der Waals surface area contributed by atoms with Crippen molar-refractivity contribution in [2.24, 2.45) is 0 Å². The molecule has 2 aromatic heterocycles. The number of hydrogen-bond acceptors (Lipinski definition) is 8. The Morgan fingerprint density at radius 2 is 2.06 bits per heavy atom. The van der Waals surface area contributed by atoms with Crippen LogP contribution in [0.1, 0.15) is 49.1 Å². The molecule has 4 heterocycles. The third-order valence-electron chi connectivity index (χ3n) is 6.52. The maximum atomic E-state index is 11.0. The molecular weight excluding hydrogens is 474 g/mol. The van der Waals surface area contributed by atoms with Gasteiger partial charge in [-0.15, -0.1) is 11.3 Å². The minimum absolute atomic E-state index is 0.207. The molecule has 0 amide bonds. The molecule has 34 heavy (non-hydrogen) atoms. The van der Waals surface area contributed by atoms with E-state index in [4.69, 9.17) is 14.3 Å². The van der Waals surface area contributed by atoms with Gasteiger partial charge < -0.3 is 9.64 Å². The Bertz CT molecular complexity index is 1280. The number of nitrogens with zero attached hydrogens (tertiary/aromatic N) is 5. The van der Waals surface area contributed by atoms with E-state index in [0.717, 1.165) is 60.2 Å². The van der Waals surface area contributed by atoms with E-state index in [9.17, 15) is 8.42 Å². The van der Waals surface area contributed by atoms with E-state index in [2.05, 4.69) is 47.0 Å². The Balaban J connectivity index is 1.35. The predicted molar refractivity (Wildman–Crippen MR) is 131 cm³/mol. The lowest BCUT2D eigenvalue weighted by Gasteiger charge is -2.32. The number of likely N-dealkylation sites (tertiary alicyclic amines) is 1. The molecule has 0 radical (unpaired) electrons. The van der Waals surface area contributed by atoms with Gasteiger partial charge in [-0.05, 0) is 63.4 Å². The number of rotatable bonds is 6. The maximum absolute atomic E-state index is 11.0. The Hall–Kier alpha value is -2.34. The Labute approximate surface area is 203 Å². The van der Waals surface area contributed by atoms with Crippen molar-refractivity contribution in [3.05, 3.63) is 35.0 Å². The van der Waals surface area contributed by atoms with Crippen LogP contribution in [0.25, 0.3) is 22.1 Å². The highest BCUT2D eigenvalue weighted by molar-refractivity contribution is 7.85. The van der Waals surface area contributed by atoms with Crippen molar-refractivity contribution in [1.29, 1.82) is 0 Å². The fourth-order valence-corrected chi connectivity index (χ4v) is 6.24. The number of hydrogen-bond donors (Lipinski definition) is 1. The zero-order chi connectivity index (χ0) is 23.9. The lowest BCUT2D eigenvalue weighted by atomic mass is 9.88. The van der Waals surface area contributed by atoms with Crippen LogP contribution >= 0.6 is 11.3 Å². The van der Waals surface area contributed by atoms with Gasteiger partial charge in [-0.25, -0.2) is 14.6 Å². The minimum Gasteiger partial charge on any atom is -0.492 e. The van der Waals surface area contributed by atoms with Gasteiger partial charge in [-0.1, -0.05) is 6.07 Å². The van der Waals surface area contributed by atoms with Gasteiger partial charge in [0, 0.05) is 29.4 Å². The molecule has 0 unspecified atom stereocenters. The first-order valence-electron chi connectivity index (χ1n) is 11.6. The standard InChI is InChI=1S/C23H29N5O4S2/c1-15(2)28-22(24-14-25-28)23-26-21-18-4-3-17(13-19(18)32-11-7-20(21)33-23)16-5-8-27(9-6-16)10-12-34(29,30)31/h3-4,13-16H,5-12H2,1-2H3,(H,29,30,31).